The van der Waals surface area contributed by atoms with Crippen LogP contribution in [-0.2, 0) is 10.5 Å². The minimum Gasteiger partial charge on any atom is -0.497 e. The smallest absolute Gasteiger partial charge is 0.267 e. The monoisotopic (exact) mass is 520 g/mol. The molecule has 2 N–H and O–H groups in total. The number of halogens is 2. The van der Waals surface area contributed by atoms with E-state index in [9.17, 15) is 9.59 Å². The Morgan fingerprint density at radius 1 is 1.06 bits per heavy atom. The first kappa shape index (κ1) is 25.2. The van der Waals surface area contributed by atoms with Gasteiger partial charge in [-0.3, -0.25) is 9.59 Å². The van der Waals surface area contributed by atoms with Crippen molar-refractivity contribution in [1.82, 2.24) is 10.6 Å². The van der Waals surface area contributed by atoms with E-state index in [0.29, 0.717) is 39.4 Å². The molecule has 5 nitrogen and oxygen atoms in total. The van der Waals surface area contributed by atoms with Crippen molar-refractivity contribution in [3.05, 3.63) is 91.7 Å². The summed E-state index contributed by atoms with van der Waals surface area (Å²) in [5.74, 6) is 1.21. The van der Waals surface area contributed by atoms with Crippen molar-refractivity contribution in [2.45, 2.75) is 5.75 Å². The first-order valence-electron chi connectivity index (χ1n) is 9.97. The Hall–Kier alpha value is -2.45. The summed E-state index contributed by atoms with van der Waals surface area (Å²) >= 11 is 15.5. The van der Waals surface area contributed by atoms with E-state index < -0.39 is 0 Å². The highest BCUT2D eigenvalue weighted by molar-refractivity contribution is 7.98. The van der Waals surface area contributed by atoms with Crippen LogP contribution in [-0.4, -0.2) is 31.2 Å². The molecule has 0 aliphatic rings. The van der Waals surface area contributed by atoms with E-state index in [4.69, 9.17) is 27.9 Å². The number of benzene rings is 2. The summed E-state index contributed by atoms with van der Waals surface area (Å²) in [6.07, 6.45) is 1.66. The Balaban J connectivity index is 1.58. The standard InChI is InChI=1S/C24H22Cl2N2O3S2/c1-31-17-9-7-16(8-10-17)23(29)28-22(14-18-4-3-12-33-18)24(30)27-11-13-32-15-19-20(25)5-2-6-21(19)26/h2-10,12,14H,11,13,15H2,1H3,(H,27,30)(H,28,29)/b22-14-. The van der Waals surface area contributed by atoms with Crippen molar-refractivity contribution < 1.29 is 14.3 Å². The number of hydrogen-bond acceptors (Lipinski definition) is 5. The molecular formula is C24H22Cl2N2O3S2. The molecule has 3 aromatic rings. The summed E-state index contributed by atoms with van der Waals surface area (Å²) in [6, 6.07) is 15.8. The van der Waals surface area contributed by atoms with Gasteiger partial charge in [-0.15, -0.1) is 11.3 Å². The zero-order chi connectivity index (χ0) is 23.6. The Morgan fingerprint density at radius 2 is 1.79 bits per heavy atom. The van der Waals surface area contributed by atoms with E-state index in [-0.39, 0.29) is 17.5 Å². The minimum absolute atomic E-state index is 0.178. The van der Waals surface area contributed by atoms with Gasteiger partial charge in [-0.05, 0) is 59.5 Å². The summed E-state index contributed by atoms with van der Waals surface area (Å²) in [5, 5.41) is 8.75. The lowest BCUT2D eigenvalue weighted by Crippen LogP contribution is -2.35. The predicted molar refractivity (Wildman–Crippen MR) is 138 cm³/mol. The van der Waals surface area contributed by atoms with Gasteiger partial charge in [0.25, 0.3) is 11.8 Å². The Kier molecular flexibility index (Phi) is 9.69. The lowest BCUT2D eigenvalue weighted by Gasteiger charge is -2.11. The molecule has 0 atom stereocenters. The zero-order valence-electron chi connectivity index (χ0n) is 17.8. The van der Waals surface area contributed by atoms with Crippen LogP contribution in [0, 0.1) is 0 Å². The second-order valence-corrected chi connectivity index (χ2v) is 9.66. The quantitative estimate of drug-likeness (QED) is 0.258. The van der Waals surface area contributed by atoms with Crippen molar-refractivity contribution in [2.24, 2.45) is 0 Å². The Bertz CT molecular complexity index is 1100. The van der Waals surface area contributed by atoms with Crippen molar-refractivity contribution in [3.8, 4) is 5.75 Å². The first-order valence-corrected chi connectivity index (χ1v) is 12.8. The molecule has 2 amide bonds. The van der Waals surface area contributed by atoms with Crippen LogP contribution < -0.4 is 15.4 Å². The van der Waals surface area contributed by atoms with Gasteiger partial charge in [0, 0.05) is 38.5 Å². The number of hydrogen-bond donors (Lipinski definition) is 2. The normalized spacial score (nSPS) is 11.2. The SMILES string of the molecule is COc1ccc(C(=O)N/C(=C\c2cccs2)C(=O)NCCSCc2c(Cl)cccc2Cl)cc1. The summed E-state index contributed by atoms with van der Waals surface area (Å²) in [7, 11) is 1.56. The van der Waals surface area contributed by atoms with Gasteiger partial charge >= 0.3 is 0 Å². The van der Waals surface area contributed by atoms with E-state index in [1.54, 1.807) is 67.4 Å². The van der Waals surface area contributed by atoms with Crippen molar-refractivity contribution >= 4 is 64.2 Å². The molecule has 0 radical (unpaired) electrons. The maximum Gasteiger partial charge on any atom is 0.267 e. The molecule has 0 fully saturated rings. The number of thiophene rings is 1. The van der Waals surface area contributed by atoms with Gasteiger partial charge in [-0.1, -0.05) is 35.3 Å². The lowest BCUT2D eigenvalue weighted by atomic mass is 10.2. The molecule has 0 unspecified atom stereocenters. The molecule has 0 aliphatic carbocycles. The number of thioether (sulfide) groups is 1. The number of methoxy groups -OCH3 is 1. The molecule has 33 heavy (non-hydrogen) atoms. The molecule has 1 heterocycles. The highest BCUT2D eigenvalue weighted by Crippen LogP contribution is 2.28. The molecule has 0 bridgehead atoms. The van der Waals surface area contributed by atoms with Gasteiger partial charge in [-0.25, -0.2) is 0 Å². The van der Waals surface area contributed by atoms with E-state index >= 15 is 0 Å². The number of carbonyl (C=O) groups excluding carboxylic acids is 2. The maximum atomic E-state index is 12.8. The van der Waals surface area contributed by atoms with Crippen molar-refractivity contribution in [3.63, 3.8) is 0 Å². The molecule has 0 aliphatic heterocycles. The molecule has 3 rings (SSSR count). The van der Waals surface area contributed by atoms with Gasteiger partial charge in [0.05, 0.1) is 7.11 Å². The molecule has 0 saturated carbocycles. The Morgan fingerprint density at radius 3 is 2.42 bits per heavy atom. The minimum atomic E-state index is -0.377. The van der Waals surface area contributed by atoms with Crippen molar-refractivity contribution in [2.75, 3.05) is 19.4 Å². The third kappa shape index (κ3) is 7.54. The zero-order valence-corrected chi connectivity index (χ0v) is 20.9. The molecule has 2 aromatic carbocycles. The number of ether oxygens (including phenoxy) is 1. The van der Waals surface area contributed by atoms with E-state index in [1.165, 1.54) is 11.3 Å². The number of rotatable bonds is 10. The van der Waals surface area contributed by atoms with Crippen molar-refractivity contribution in [1.29, 1.82) is 0 Å². The highest BCUT2D eigenvalue weighted by Gasteiger charge is 2.15. The van der Waals surface area contributed by atoms with Crippen LogP contribution in [0.2, 0.25) is 10.0 Å². The molecule has 172 valence electrons. The van der Waals surface area contributed by atoms with Gasteiger partial charge in [0.2, 0.25) is 0 Å². The van der Waals surface area contributed by atoms with E-state index in [2.05, 4.69) is 10.6 Å². The topological polar surface area (TPSA) is 67.4 Å². The van der Waals surface area contributed by atoms with Crippen LogP contribution in [0.15, 0.2) is 65.7 Å². The summed E-state index contributed by atoms with van der Waals surface area (Å²) in [6.45, 7) is 0.422. The summed E-state index contributed by atoms with van der Waals surface area (Å²) < 4.78 is 5.12. The van der Waals surface area contributed by atoms with Crippen LogP contribution >= 0.6 is 46.3 Å². The average Bonchev–Trinajstić information content (AvgIpc) is 3.33. The fourth-order valence-corrected chi connectivity index (χ4v) is 5.04. The third-order valence-corrected chi connectivity index (χ3v) is 7.03. The largest absolute Gasteiger partial charge is 0.497 e. The van der Waals surface area contributed by atoms with Gasteiger partial charge < -0.3 is 15.4 Å². The maximum absolute atomic E-state index is 12.8. The molecule has 1 aromatic heterocycles. The first-order chi connectivity index (χ1) is 16.0. The Labute approximate surface area is 211 Å². The predicted octanol–water partition coefficient (Wildman–Crippen LogP) is 5.88. The molecular weight excluding hydrogens is 499 g/mol. The molecule has 0 saturated heterocycles. The van der Waals surface area contributed by atoms with Gasteiger partial charge in [-0.2, -0.15) is 11.8 Å². The summed E-state index contributed by atoms with van der Waals surface area (Å²) in [4.78, 5) is 26.4. The molecule has 0 spiro atoms. The fraction of sp³-hybridized carbons (Fsp3) is 0.167. The van der Waals surface area contributed by atoms with E-state index in [1.807, 2.05) is 17.5 Å². The number of amides is 2. The van der Waals surface area contributed by atoms with Crippen LogP contribution in [0.25, 0.3) is 6.08 Å². The van der Waals surface area contributed by atoms with Crippen LogP contribution in [0.1, 0.15) is 20.8 Å². The second-order valence-electron chi connectivity index (χ2n) is 6.76. The average molecular weight is 521 g/mol. The highest BCUT2D eigenvalue weighted by atomic mass is 35.5. The van der Waals surface area contributed by atoms with Gasteiger partial charge in [0.1, 0.15) is 11.4 Å². The van der Waals surface area contributed by atoms with Crippen LogP contribution in [0.5, 0.6) is 5.75 Å². The number of carbonyl (C=O) groups is 2. The second kappa shape index (κ2) is 12.7. The van der Waals surface area contributed by atoms with Gasteiger partial charge in [0.15, 0.2) is 0 Å². The molecule has 9 heteroatoms. The lowest BCUT2D eigenvalue weighted by molar-refractivity contribution is -0.117. The van der Waals surface area contributed by atoms with E-state index in [0.717, 1.165) is 10.4 Å². The number of nitrogens with one attached hydrogen (secondary N) is 2. The fourth-order valence-electron chi connectivity index (χ4n) is 2.79. The third-order valence-electron chi connectivity index (χ3n) is 4.51. The van der Waals surface area contributed by atoms with Crippen LogP contribution in [0.3, 0.4) is 0 Å². The summed E-state index contributed by atoms with van der Waals surface area (Å²) in [5.41, 5.74) is 1.48. The van der Waals surface area contributed by atoms with Crippen LogP contribution in [0.4, 0.5) is 0 Å².